The zero-order valence-electron chi connectivity index (χ0n) is 15.2. The van der Waals surface area contributed by atoms with Crippen molar-refractivity contribution in [2.24, 2.45) is 10.9 Å². The lowest BCUT2D eigenvalue weighted by atomic mass is 9.93. The number of likely N-dealkylation sites (tertiary alicyclic amines) is 1. The second-order valence-corrected chi connectivity index (χ2v) is 7.28. The van der Waals surface area contributed by atoms with Crippen LogP contribution in [0.3, 0.4) is 0 Å². The summed E-state index contributed by atoms with van der Waals surface area (Å²) >= 11 is 0. The van der Waals surface area contributed by atoms with Crippen LogP contribution in [0.25, 0.3) is 0 Å². The Labute approximate surface area is 141 Å². The molecule has 1 aliphatic rings. The predicted octanol–water partition coefficient (Wildman–Crippen LogP) is 2.16. The third kappa shape index (κ3) is 5.57. The van der Waals surface area contributed by atoms with Crippen LogP contribution in [0.2, 0.25) is 0 Å². The molecule has 0 radical (unpaired) electrons. The Morgan fingerprint density at radius 1 is 1.26 bits per heavy atom. The van der Waals surface area contributed by atoms with Crippen LogP contribution in [0.1, 0.15) is 33.6 Å². The van der Waals surface area contributed by atoms with E-state index in [0.29, 0.717) is 0 Å². The molecule has 130 valence electrons. The number of aromatic nitrogens is 1. The zero-order valence-corrected chi connectivity index (χ0v) is 15.2. The summed E-state index contributed by atoms with van der Waals surface area (Å²) in [5.74, 6) is 1.69. The number of nitrogens with zero attached hydrogens (tertiary/aromatic N) is 3. The van der Waals surface area contributed by atoms with Gasteiger partial charge >= 0.3 is 0 Å². The molecule has 5 heteroatoms. The van der Waals surface area contributed by atoms with E-state index in [1.54, 1.807) is 0 Å². The average Bonchev–Trinajstić information content (AvgIpc) is 3.04. The van der Waals surface area contributed by atoms with Gasteiger partial charge in [-0.15, -0.1) is 0 Å². The summed E-state index contributed by atoms with van der Waals surface area (Å²) in [7, 11) is 1.83. The second-order valence-electron chi connectivity index (χ2n) is 7.28. The van der Waals surface area contributed by atoms with Crippen LogP contribution in [-0.2, 0) is 6.54 Å². The van der Waals surface area contributed by atoms with Gasteiger partial charge in [-0.05, 0) is 51.3 Å². The van der Waals surface area contributed by atoms with Gasteiger partial charge in [-0.2, -0.15) is 0 Å². The number of nitrogens with one attached hydrogen (secondary N) is 2. The lowest BCUT2D eigenvalue weighted by Gasteiger charge is -2.43. The monoisotopic (exact) mass is 319 g/mol. The van der Waals surface area contributed by atoms with Crippen LogP contribution in [-0.4, -0.2) is 54.2 Å². The lowest BCUT2D eigenvalue weighted by molar-refractivity contribution is 0.0739. The largest absolute Gasteiger partial charge is 0.355 e. The number of hydrogen-bond acceptors (Lipinski definition) is 2. The van der Waals surface area contributed by atoms with Gasteiger partial charge in [-0.1, -0.05) is 6.92 Å². The number of rotatable bonds is 6. The zero-order chi connectivity index (χ0) is 16.7. The maximum Gasteiger partial charge on any atom is 0.191 e. The molecule has 1 aromatic heterocycles. The first-order valence-corrected chi connectivity index (χ1v) is 8.81. The SMILES string of the molecule is CN=C(NCCn1cccc1)NCC(C)(C)N1CCCC(C)C1. The summed E-state index contributed by atoms with van der Waals surface area (Å²) in [5, 5.41) is 6.88. The molecular formula is C18H33N5. The van der Waals surface area contributed by atoms with Gasteiger partial charge < -0.3 is 15.2 Å². The highest BCUT2D eigenvalue weighted by atomic mass is 15.2. The van der Waals surface area contributed by atoms with E-state index in [-0.39, 0.29) is 5.54 Å². The van der Waals surface area contributed by atoms with Crippen LogP contribution < -0.4 is 10.6 Å². The first-order valence-electron chi connectivity index (χ1n) is 8.81. The third-order valence-corrected chi connectivity index (χ3v) is 4.75. The molecule has 2 heterocycles. The highest BCUT2D eigenvalue weighted by Crippen LogP contribution is 2.23. The van der Waals surface area contributed by atoms with Gasteiger partial charge in [-0.3, -0.25) is 9.89 Å². The van der Waals surface area contributed by atoms with Gasteiger partial charge in [0.25, 0.3) is 0 Å². The first-order chi connectivity index (χ1) is 11.0. The minimum absolute atomic E-state index is 0.146. The van der Waals surface area contributed by atoms with E-state index in [0.717, 1.165) is 31.5 Å². The maximum absolute atomic E-state index is 4.34. The van der Waals surface area contributed by atoms with Crippen molar-refractivity contribution in [3.63, 3.8) is 0 Å². The minimum Gasteiger partial charge on any atom is -0.355 e. The molecule has 2 N–H and O–H groups in total. The highest BCUT2D eigenvalue weighted by molar-refractivity contribution is 5.79. The smallest absolute Gasteiger partial charge is 0.191 e. The van der Waals surface area contributed by atoms with Crippen LogP contribution in [0.5, 0.6) is 0 Å². The van der Waals surface area contributed by atoms with E-state index in [1.165, 1.54) is 25.9 Å². The molecule has 1 saturated heterocycles. The Kier molecular flexibility index (Phi) is 6.51. The molecule has 1 atom stereocenters. The molecule has 0 aliphatic carbocycles. The van der Waals surface area contributed by atoms with Crippen LogP contribution >= 0.6 is 0 Å². The van der Waals surface area contributed by atoms with Crippen molar-refractivity contribution < 1.29 is 0 Å². The summed E-state index contributed by atoms with van der Waals surface area (Å²) in [4.78, 5) is 6.95. The van der Waals surface area contributed by atoms with E-state index in [1.807, 2.05) is 7.05 Å². The van der Waals surface area contributed by atoms with Crippen LogP contribution in [0, 0.1) is 5.92 Å². The fourth-order valence-electron chi connectivity index (χ4n) is 3.19. The maximum atomic E-state index is 4.34. The fraction of sp³-hybridized carbons (Fsp3) is 0.722. The molecule has 0 spiro atoms. The van der Waals surface area contributed by atoms with Crippen molar-refractivity contribution in [1.29, 1.82) is 0 Å². The standard InChI is InChI=1S/C18H33N5/c1-16-8-7-12-23(14-16)18(2,3)15-21-17(19-4)20-9-13-22-10-5-6-11-22/h5-6,10-11,16H,7-9,12-15H2,1-4H3,(H2,19,20,21). The van der Waals surface area contributed by atoms with Gasteiger partial charge in [-0.25, -0.2) is 0 Å². The lowest BCUT2D eigenvalue weighted by Crippen LogP contribution is -2.56. The van der Waals surface area contributed by atoms with E-state index in [4.69, 9.17) is 0 Å². The highest BCUT2D eigenvalue weighted by Gasteiger charge is 2.30. The van der Waals surface area contributed by atoms with Crippen molar-refractivity contribution in [1.82, 2.24) is 20.1 Å². The van der Waals surface area contributed by atoms with Crippen molar-refractivity contribution in [3.05, 3.63) is 24.5 Å². The first kappa shape index (κ1) is 17.9. The number of hydrogen-bond donors (Lipinski definition) is 2. The molecule has 1 aromatic rings. The van der Waals surface area contributed by atoms with E-state index >= 15 is 0 Å². The van der Waals surface area contributed by atoms with Crippen molar-refractivity contribution in [2.75, 3.05) is 33.2 Å². The normalized spacial score (nSPS) is 20.5. The summed E-state index contributed by atoms with van der Waals surface area (Å²) < 4.78 is 2.17. The quantitative estimate of drug-likeness (QED) is 0.624. The summed E-state index contributed by atoms with van der Waals surface area (Å²) in [6.45, 7) is 12.1. The average molecular weight is 319 g/mol. The topological polar surface area (TPSA) is 44.6 Å². The third-order valence-electron chi connectivity index (χ3n) is 4.75. The molecule has 1 fully saturated rings. The van der Waals surface area contributed by atoms with Gasteiger partial charge in [0.05, 0.1) is 0 Å². The molecule has 23 heavy (non-hydrogen) atoms. The minimum atomic E-state index is 0.146. The van der Waals surface area contributed by atoms with Crippen LogP contribution in [0.15, 0.2) is 29.5 Å². The Hall–Kier alpha value is -1.49. The Morgan fingerprint density at radius 2 is 2.00 bits per heavy atom. The Bertz CT molecular complexity index is 478. The molecule has 0 saturated carbocycles. The number of aliphatic imine (C=N–C) groups is 1. The Balaban J connectivity index is 1.75. The summed E-state index contributed by atoms with van der Waals surface area (Å²) in [5.41, 5.74) is 0.146. The van der Waals surface area contributed by atoms with E-state index in [2.05, 4.69) is 70.4 Å². The second kappa shape index (κ2) is 8.39. The molecule has 1 aliphatic heterocycles. The van der Waals surface area contributed by atoms with Gasteiger partial charge in [0.15, 0.2) is 5.96 Å². The molecule has 0 amide bonds. The fourth-order valence-corrected chi connectivity index (χ4v) is 3.19. The summed E-state index contributed by atoms with van der Waals surface area (Å²) in [6.07, 6.45) is 6.84. The van der Waals surface area contributed by atoms with Crippen molar-refractivity contribution in [3.8, 4) is 0 Å². The molecule has 0 aromatic carbocycles. The van der Waals surface area contributed by atoms with E-state index < -0.39 is 0 Å². The molecule has 5 nitrogen and oxygen atoms in total. The summed E-state index contributed by atoms with van der Waals surface area (Å²) in [6, 6.07) is 4.10. The molecule has 0 bridgehead atoms. The van der Waals surface area contributed by atoms with Gasteiger partial charge in [0.1, 0.15) is 0 Å². The van der Waals surface area contributed by atoms with Crippen molar-refractivity contribution >= 4 is 5.96 Å². The predicted molar refractivity (Wildman–Crippen MR) is 97.8 cm³/mol. The van der Waals surface area contributed by atoms with Gasteiger partial charge in [0, 0.05) is 51.2 Å². The number of piperidine rings is 1. The van der Waals surface area contributed by atoms with Gasteiger partial charge in [0.2, 0.25) is 0 Å². The van der Waals surface area contributed by atoms with Crippen molar-refractivity contribution in [2.45, 2.75) is 45.7 Å². The van der Waals surface area contributed by atoms with E-state index in [9.17, 15) is 0 Å². The Morgan fingerprint density at radius 3 is 2.65 bits per heavy atom. The number of guanidine groups is 1. The molecular weight excluding hydrogens is 286 g/mol. The van der Waals surface area contributed by atoms with Crippen LogP contribution in [0.4, 0.5) is 0 Å². The molecule has 2 rings (SSSR count). The molecule has 1 unspecified atom stereocenters.